The van der Waals surface area contributed by atoms with E-state index in [-0.39, 0.29) is 28.4 Å². The summed E-state index contributed by atoms with van der Waals surface area (Å²) in [5.41, 5.74) is -1.07. The number of esters is 1. The van der Waals surface area contributed by atoms with Gasteiger partial charge in [0, 0.05) is 23.8 Å². The van der Waals surface area contributed by atoms with Crippen LogP contribution < -0.4 is 19.6 Å². The second kappa shape index (κ2) is 13.6. The number of phenols is 5. The first-order chi connectivity index (χ1) is 22.9. The quantitative estimate of drug-likeness (QED) is 0.0712. The van der Waals surface area contributed by atoms with Gasteiger partial charge in [-0.05, 0) is 42.0 Å². The van der Waals surface area contributed by atoms with E-state index in [0.717, 1.165) is 30.3 Å². The van der Waals surface area contributed by atoms with Crippen LogP contribution in [0.5, 0.6) is 46.0 Å². The third kappa shape index (κ3) is 6.45. The molecule has 8 N–H and O–H groups in total. The van der Waals surface area contributed by atoms with E-state index in [1.54, 1.807) is 0 Å². The summed E-state index contributed by atoms with van der Waals surface area (Å²) >= 11 is 0. The number of hydrogen-bond donors (Lipinski definition) is 8. The van der Waals surface area contributed by atoms with Crippen molar-refractivity contribution >= 4 is 23.0 Å². The highest BCUT2D eigenvalue weighted by Gasteiger charge is 2.48. The van der Waals surface area contributed by atoms with Gasteiger partial charge in [0.1, 0.15) is 40.8 Å². The molecular formula is C32H30O16. The first-order valence-corrected chi connectivity index (χ1v) is 14.0. The molecule has 0 spiro atoms. The van der Waals surface area contributed by atoms with E-state index in [9.17, 15) is 50.4 Å². The second-order valence-corrected chi connectivity index (χ2v) is 10.5. The van der Waals surface area contributed by atoms with Gasteiger partial charge in [-0.1, -0.05) is 0 Å². The van der Waals surface area contributed by atoms with Gasteiger partial charge in [0.05, 0.1) is 20.8 Å². The minimum absolute atomic E-state index is 0.0401. The molecule has 0 aliphatic carbocycles. The molecule has 1 aliphatic heterocycles. The third-order valence-electron chi connectivity index (χ3n) is 7.38. The maximum Gasteiger partial charge on any atom is 0.331 e. The van der Waals surface area contributed by atoms with Crippen LogP contribution in [0.4, 0.5) is 0 Å². The van der Waals surface area contributed by atoms with Crippen LogP contribution in [0.15, 0.2) is 57.8 Å². The zero-order valence-corrected chi connectivity index (χ0v) is 25.1. The first-order valence-electron chi connectivity index (χ1n) is 14.0. The molecule has 16 nitrogen and oxygen atoms in total. The van der Waals surface area contributed by atoms with E-state index in [0.29, 0.717) is 5.56 Å². The number of aliphatic hydroxyl groups excluding tert-OH is 3. The van der Waals surface area contributed by atoms with Crippen molar-refractivity contribution in [2.75, 3.05) is 20.8 Å². The number of aromatic hydroxyl groups is 5. The number of carbonyl (C=O) groups excluding carboxylic acids is 1. The van der Waals surface area contributed by atoms with Gasteiger partial charge in [-0.3, -0.25) is 4.79 Å². The molecule has 48 heavy (non-hydrogen) atoms. The predicted molar refractivity (Wildman–Crippen MR) is 163 cm³/mol. The summed E-state index contributed by atoms with van der Waals surface area (Å²) in [6, 6.07) is 8.00. The van der Waals surface area contributed by atoms with Crippen molar-refractivity contribution in [1.82, 2.24) is 0 Å². The van der Waals surface area contributed by atoms with Crippen LogP contribution >= 0.6 is 0 Å². The fraction of sp³-hybridized carbons (Fsp3) is 0.250. The average molecular weight is 671 g/mol. The summed E-state index contributed by atoms with van der Waals surface area (Å²) in [4.78, 5) is 26.8. The molecule has 1 fully saturated rings. The normalized spacial score (nSPS) is 20.9. The maximum absolute atomic E-state index is 13.8. The molecule has 16 heteroatoms. The molecular weight excluding hydrogens is 640 g/mol. The molecule has 1 aliphatic rings. The first kappa shape index (κ1) is 33.7. The number of ether oxygens (including phenoxy) is 5. The molecule has 1 saturated heterocycles. The Kier molecular flexibility index (Phi) is 9.53. The highest BCUT2D eigenvalue weighted by atomic mass is 16.7. The lowest BCUT2D eigenvalue weighted by molar-refractivity contribution is -0.281. The summed E-state index contributed by atoms with van der Waals surface area (Å²) in [6.45, 7) is -0.839. The van der Waals surface area contributed by atoms with Crippen LogP contribution in [0.2, 0.25) is 0 Å². The van der Waals surface area contributed by atoms with Gasteiger partial charge in [-0.2, -0.15) is 0 Å². The van der Waals surface area contributed by atoms with Crippen molar-refractivity contribution in [3.05, 3.63) is 64.3 Å². The van der Waals surface area contributed by atoms with Crippen molar-refractivity contribution in [1.29, 1.82) is 0 Å². The predicted octanol–water partition coefficient (Wildman–Crippen LogP) is 1.45. The Morgan fingerprint density at radius 1 is 0.896 bits per heavy atom. The number of rotatable bonds is 9. The van der Waals surface area contributed by atoms with Gasteiger partial charge in [0.2, 0.25) is 23.2 Å². The van der Waals surface area contributed by atoms with E-state index >= 15 is 0 Å². The van der Waals surface area contributed by atoms with Crippen molar-refractivity contribution < 1.29 is 73.7 Å². The van der Waals surface area contributed by atoms with Crippen molar-refractivity contribution in [3.8, 4) is 57.3 Å². The van der Waals surface area contributed by atoms with Gasteiger partial charge in [-0.15, -0.1) is 0 Å². The zero-order valence-electron chi connectivity index (χ0n) is 25.1. The summed E-state index contributed by atoms with van der Waals surface area (Å²) < 4.78 is 32.8. The Morgan fingerprint density at radius 2 is 1.58 bits per heavy atom. The van der Waals surface area contributed by atoms with Gasteiger partial charge in [0.25, 0.3) is 0 Å². The number of fused-ring (bicyclic) bond motifs is 1. The number of carbonyl (C=O) groups is 1. The van der Waals surface area contributed by atoms with Crippen molar-refractivity contribution in [2.24, 2.45) is 0 Å². The SMILES string of the molecule is COc1cc(/C=C/C(=O)O[C@H]2[C@H](Oc3c(-c4ccc(O)c(O)c4)oc4cc(O)cc(O)c4c3=O)O[C@H](CO)[C@@H](O)[C@@H]2O)cc(OC)c1O. The number of hydrogen-bond acceptors (Lipinski definition) is 16. The van der Waals surface area contributed by atoms with Gasteiger partial charge >= 0.3 is 5.97 Å². The number of benzene rings is 3. The van der Waals surface area contributed by atoms with E-state index in [2.05, 4.69) is 0 Å². The highest BCUT2D eigenvalue weighted by molar-refractivity contribution is 5.89. The smallest absolute Gasteiger partial charge is 0.331 e. The monoisotopic (exact) mass is 670 g/mol. The van der Waals surface area contributed by atoms with Crippen LogP contribution in [0.3, 0.4) is 0 Å². The fourth-order valence-electron chi connectivity index (χ4n) is 4.97. The van der Waals surface area contributed by atoms with Crippen LogP contribution in [0.25, 0.3) is 28.4 Å². The minimum atomic E-state index is -1.94. The Bertz CT molecular complexity index is 1910. The average Bonchev–Trinajstić information content (AvgIpc) is 3.05. The zero-order chi connectivity index (χ0) is 34.9. The molecule has 4 aromatic rings. The Labute approximate surface area is 270 Å². The molecule has 5 atom stereocenters. The lowest BCUT2D eigenvalue weighted by atomic mass is 9.99. The summed E-state index contributed by atoms with van der Waals surface area (Å²) in [5, 5.41) is 81.4. The van der Waals surface area contributed by atoms with Gasteiger partial charge in [-0.25, -0.2) is 4.79 Å². The second-order valence-electron chi connectivity index (χ2n) is 10.5. The minimum Gasteiger partial charge on any atom is -0.508 e. The standard InChI is InChI=1S/C32H30O16/c1-43-20-7-13(8-21(44-2)25(20)39)3-6-23(38)47-31-28(42)26(40)22(12-33)46-32(31)48-30-27(41)24-18(37)10-15(34)11-19(24)45-29(30)14-4-5-16(35)17(36)9-14/h3-11,22,26,28,31-37,39-40,42H,12H2,1-2H3/b6-3+/t22-,26-,28+,31-,32+/m1/s1. The lowest BCUT2D eigenvalue weighted by Gasteiger charge is -2.41. The molecule has 1 aromatic heterocycles. The van der Waals surface area contributed by atoms with Crippen LogP contribution in [0.1, 0.15) is 5.56 Å². The van der Waals surface area contributed by atoms with Crippen LogP contribution in [0, 0.1) is 0 Å². The summed E-state index contributed by atoms with van der Waals surface area (Å²) in [5.74, 6) is -4.71. The molecule has 0 bridgehead atoms. The highest BCUT2D eigenvalue weighted by Crippen LogP contribution is 2.40. The van der Waals surface area contributed by atoms with Crippen molar-refractivity contribution in [2.45, 2.75) is 30.7 Å². The fourth-order valence-corrected chi connectivity index (χ4v) is 4.97. The van der Waals surface area contributed by atoms with Crippen LogP contribution in [-0.4, -0.2) is 98.4 Å². The molecule has 0 radical (unpaired) electrons. The van der Waals surface area contributed by atoms with Crippen molar-refractivity contribution in [3.63, 3.8) is 0 Å². The van der Waals surface area contributed by atoms with Gasteiger partial charge < -0.3 is 69.0 Å². The summed E-state index contributed by atoms with van der Waals surface area (Å²) in [6.07, 6.45) is -6.80. The van der Waals surface area contributed by atoms with E-state index in [4.69, 9.17) is 28.1 Å². The topological polar surface area (TPSA) is 255 Å². The number of phenolic OH excluding ortho intramolecular Hbond substituents is 5. The van der Waals surface area contributed by atoms with E-state index in [1.165, 1.54) is 38.5 Å². The summed E-state index contributed by atoms with van der Waals surface area (Å²) in [7, 11) is 2.62. The Balaban J connectivity index is 1.55. The largest absolute Gasteiger partial charge is 0.508 e. The molecule has 254 valence electrons. The molecule has 0 amide bonds. The molecule has 3 aromatic carbocycles. The Morgan fingerprint density at radius 3 is 2.21 bits per heavy atom. The third-order valence-corrected chi connectivity index (χ3v) is 7.38. The lowest BCUT2D eigenvalue weighted by Crippen LogP contribution is -2.61. The molecule has 0 unspecified atom stereocenters. The molecule has 0 saturated carbocycles. The van der Waals surface area contributed by atoms with E-state index in [1.807, 2.05) is 0 Å². The number of aliphatic hydroxyl groups is 3. The van der Waals surface area contributed by atoms with Gasteiger partial charge in [0.15, 0.2) is 34.9 Å². The Hall–Kier alpha value is -5.68. The maximum atomic E-state index is 13.8. The van der Waals surface area contributed by atoms with E-state index < -0.39 is 88.6 Å². The molecule has 2 heterocycles. The van der Waals surface area contributed by atoms with Crippen LogP contribution in [-0.2, 0) is 14.3 Å². The molecule has 5 rings (SSSR count). The number of methoxy groups -OCH3 is 2.